The van der Waals surface area contributed by atoms with E-state index in [1.165, 1.54) is 18.2 Å². The van der Waals surface area contributed by atoms with Gasteiger partial charge in [0.1, 0.15) is 24.3 Å². The fraction of sp³-hybridized carbons (Fsp3) is 0.188. The van der Waals surface area contributed by atoms with Gasteiger partial charge in [0.25, 0.3) is 0 Å². The van der Waals surface area contributed by atoms with E-state index in [1.807, 2.05) is 0 Å². The lowest BCUT2D eigenvalue weighted by Gasteiger charge is -2.18. The third-order valence-electron chi connectivity index (χ3n) is 3.63. The van der Waals surface area contributed by atoms with Gasteiger partial charge in [-0.25, -0.2) is 5.53 Å². The van der Waals surface area contributed by atoms with Crippen LogP contribution in [0.3, 0.4) is 0 Å². The summed E-state index contributed by atoms with van der Waals surface area (Å²) in [7, 11) is 0. The minimum absolute atomic E-state index is 0.378. The van der Waals surface area contributed by atoms with Gasteiger partial charge in [0.05, 0.1) is 0 Å². The number of ketones is 1. The van der Waals surface area contributed by atoms with E-state index < -0.39 is 36.1 Å². The van der Waals surface area contributed by atoms with Crippen LogP contribution in [0.4, 0.5) is 22.0 Å². The highest BCUT2D eigenvalue weighted by atomic mass is 19.4. The molecule has 1 aromatic heterocycles. The molecule has 3 rings (SSSR count). The molecule has 0 bridgehead atoms. The number of Topliss-reactive ketones (excluding diaryl/α,β-unsaturated/α-hetero) is 1. The summed E-state index contributed by atoms with van der Waals surface area (Å²) < 4.78 is 68.8. The second-order valence-corrected chi connectivity index (χ2v) is 5.60. The number of halogens is 5. The van der Waals surface area contributed by atoms with Gasteiger partial charge in [-0.15, -0.1) is 18.7 Å². The lowest BCUT2D eigenvalue weighted by Crippen LogP contribution is -2.44. The number of alkyl halides is 5. The van der Waals surface area contributed by atoms with Crippen molar-refractivity contribution in [3.63, 3.8) is 0 Å². The molecule has 2 N–H and O–H groups in total. The first kappa shape index (κ1) is 19.5. The van der Waals surface area contributed by atoms with Crippen LogP contribution < -0.4 is 15.8 Å². The molecule has 0 unspecified atom stereocenters. The van der Waals surface area contributed by atoms with Gasteiger partial charge in [0.15, 0.2) is 0 Å². The van der Waals surface area contributed by atoms with Crippen LogP contribution in [0.2, 0.25) is 0 Å². The van der Waals surface area contributed by atoms with Crippen LogP contribution in [-0.2, 0) is 10.7 Å². The minimum atomic E-state index is -4.81. The average molecular weight is 401 g/mol. The number of carbonyl (C=O) groups excluding carboxylic acids is 1. The molecule has 148 valence electrons. The van der Waals surface area contributed by atoms with Gasteiger partial charge in [-0.1, -0.05) is 18.2 Å². The predicted molar refractivity (Wildman–Crippen MR) is 86.7 cm³/mol. The van der Waals surface area contributed by atoms with Crippen molar-refractivity contribution in [2.75, 3.05) is 6.54 Å². The molecule has 0 fully saturated rings. The molecule has 7 nitrogen and oxygen atoms in total. The van der Waals surface area contributed by atoms with Crippen molar-refractivity contribution < 1.29 is 31.5 Å². The Morgan fingerprint density at radius 2 is 1.71 bits per heavy atom. The van der Waals surface area contributed by atoms with Gasteiger partial charge >= 0.3 is 12.3 Å². The maximum atomic E-state index is 14.3. The Morgan fingerprint density at radius 1 is 1.04 bits per heavy atom. The third kappa shape index (κ3) is 4.52. The number of rotatable bonds is 6. The van der Waals surface area contributed by atoms with Crippen LogP contribution in [0.25, 0.3) is 11.1 Å². The van der Waals surface area contributed by atoms with Crippen LogP contribution in [0.5, 0.6) is 5.75 Å². The van der Waals surface area contributed by atoms with Crippen molar-refractivity contribution in [3.8, 4) is 16.9 Å². The summed E-state index contributed by atoms with van der Waals surface area (Å²) in [5, 5.41) is 4.54. The number of aromatic nitrogens is 1. The lowest BCUT2D eigenvalue weighted by atomic mass is 10.1. The average Bonchev–Trinajstić information content (AvgIpc) is 3.14. The minimum Gasteiger partial charge on any atom is -0.406 e. The summed E-state index contributed by atoms with van der Waals surface area (Å²) in [6.07, 6.45) is -2.57. The van der Waals surface area contributed by atoms with Gasteiger partial charge in [0.2, 0.25) is 5.78 Å². The van der Waals surface area contributed by atoms with E-state index in [0.717, 1.165) is 35.7 Å². The maximum absolute atomic E-state index is 14.3. The highest BCUT2D eigenvalue weighted by molar-refractivity contribution is 5.89. The Morgan fingerprint density at radius 3 is 2.25 bits per heavy atom. The molecule has 0 amide bonds. The molecule has 1 aliphatic heterocycles. The first-order chi connectivity index (χ1) is 13.1. The predicted octanol–water partition coefficient (Wildman–Crippen LogP) is 2.58. The van der Waals surface area contributed by atoms with E-state index in [4.69, 9.17) is 0 Å². The summed E-state index contributed by atoms with van der Waals surface area (Å²) in [4.78, 5) is 15.5. The number of benzene rings is 1. The Hall–Kier alpha value is -3.28. The van der Waals surface area contributed by atoms with Crippen LogP contribution in [0.15, 0.2) is 47.7 Å². The number of hydrazine groups is 2. The first-order valence-corrected chi connectivity index (χ1v) is 7.69. The summed E-state index contributed by atoms with van der Waals surface area (Å²) in [6, 6.07) is 7.11. The van der Waals surface area contributed by atoms with Crippen LogP contribution in [0, 0.1) is 0 Å². The number of ether oxygens (including phenoxy) is 1. The molecule has 28 heavy (non-hydrogen) atoms. The molecule has 0 spiro atoms. The fourth-order valence-corrected chi connectivity index (χ4v) is 2.30. The van der Waals surface area contributed by atoms with E-state index in [2.05, 4.69) is 25.9 Å². The summed E-state index contributed by atoms with van der Waals surface area (Å²) in [5.74, 6) is -5.64. The molecule has 0 saturated heterocycles. The molecule has 0 atom stereocenters. The standard InChI is InChI=1S/C16H12F5N5O2/c17-15(18,14(27)8-26-9-23-24-25-26)13-6-3-11(7-22-13)10-1-4-12(5-2-10)28-16(19,20)21/h1-7,9,24-25H,8H2. The molecule has 1 aliphatic rings. The second-order valence-electron chi connectivity index (χ2n) is 5.60. The van der Waals surface area contributed by atoms with Crippen molar-refractivity contribution in [3.05, 3.63) is 48.3 Å². The molecular formula is C16H12F5N5O2. The van der Waals surface area contributed by atoms with Crippen molar-refractivity contribution in [2.45, 2.75) is 12.3 Å². The van der Waals surface area contributed by atoms with E-state index in [1.54, 1.807) is 0 Å². The van der Waals surface area contributed by atoms with Crippen molar-refractivity contribution in [2.24, 2.45) is 5.10 Å². The Balaban J connectivity index is 1.71. The van der Waals surface area contributed by atoms with Crippen LogP contribution in [-0.4, -0.2) is 35.0 Å². The van der Waals surface area contributed by atoms with E-state index in [0.29, 0.717) is 11.1 Å². The molecule has 0 aliphatic carbocycles. The summed E-state index contributed by atoms with van der Waals surface area (Å²) in [5.41, 5.74) is 4.71. The van der Waals surface area contributed by atoms with E-state index in [-0.39, 0.29) is 0 Å². The number of hydrogen-bond acceptors (Lipinski definition) is 7. The normalized spacial score (nSPS) is 14.1. The van der Waals surface area contributed by atoms with E-state index >= 15 is 0 Å². The third-order valence-corrected chi connectivity index (χ3v) is 3.63. The highest BCUT2D eigenvalue weighted by Crippen LogP contribution is 2.30. The maximum Gasteiger partial charge on any atom is 0.573 e. The monoisotopic (exact) mass is 401 g/mol. The van der Waals surface area contributed by atoms with Crippen molar-refractivity contribution in [1.82, 2.24) is 21.1 Å². The van der Waals surface area contributed by atoms with Gasteiger partial charge in [-0.05, 0) is 23.8 Å². The zero-order valence-electron chi connectivity index (χ0n) is 13.9. The van der Waals surface area contributed by atoms with Gasteiger partial charge in [0, 0.05) is 11.8 Å². The Bertz CT molecular complexity index is 868. The SMILES string of the molecule is O=C(CN1C=NNN1)C(F)(F)c1ccc(-c2ccc(OC(F)(F)F)cc2)cn1. The molecule has 2 heterocycles. The number of carbonyl (C=O) groups is 1. The largest absolute Gasteiger partial charge is 0.573 e. The second kappa shape index (κ2) is 7.38. The van der Waals surface area contributed by atoms with Gasteiger partial charge in [-0.2, -0.15) is 13.9 Å². The van der Waals surface area contributed by atoms with Crippen LogP contribution in [0.1, 0.15) is 5.69 Å². The number of hydrazone groups is 1. The van der Waals surface area contributed by atoms with Gasteiger partial charge < -0.3 is 4.74 Å². The van der Waals surface area contributed by atoms with Crippen LogP contribution >= 0.6 is 0 Å². The number of pyridine rings is 1. The Labute approximate surface area is 154 Å². The highest BCUT2D eigenvalue weighted by Gasteiger charge is 2.42. The number of hydrogen-bond donors (Lipinski definition) is 2. The summed E-state index contributed by atoms with van der Waals surface area (Å²) >= 11 is 0. The molecule has 0 radical (unpaired) electrons. The smallest absolute Gasteiger partial charge is 0.406 e. The Kier molecular flexibility index (Phi) is 5.14. The quantitative estimate of drug-likeness (QED) is 0.725. The van der Waals surface area contributed by atoms with Crippen molar-refractivity contribution in [1.29, 1.82) is 0 Å². The first-order valence-electron chi connectivity index (χ1n) is 7.69. The summed E-state index contributed by atoms with van der Waals surface area (Å²) in [6.45, 7) is -0.645. The zero-order valence-corrected chi connectivity index (χ0v) is 13.9. The fourth-order valence-electron chi connectivity index (χ4n) is 2.30. The number of nitrogens with zero attached hydrogens (tertiary/aromatic N) is 3. The molecule has 1 aromatic carbocycles. The number of nitrogens with one attached hydrogen (secondary N) is 2. The molecular weight excluding hydrogens is 389 g/mol. The molecule has 12 heteroatoms. The zero-order chi connectivity index (χ0) is 20.4. The topological polar surface area (TPSA) is 78.9 Å². The lowest BCUT2D eigenvalue weighted by molar-refractivity contribution is -0.274. The van der Waals surface area contributed by atoms with Crippen molar-refractivity contribution >= 4 is 12.1 Å². The molecule has 0 saturated carbocycles. The molecule has 2 aromatic rings. The van der Waals surface area contributed by atoms with Gasteiger partial charge in [-0.3, -0.25) is 14.8 Å². The van der Waals surface area contributed by atoms with E-state index in [9.17, 15) is 26.7 Å².